The predicted octanol–water partition coefficient (Wildman–Crippen LogP) is 4.26. The van der Waals surface area contributed by atoms with Gasteiger partial charge in [-0.25, -0.2) is 18.4 Å². The van der Waals surface area contributed by atoms with Crippen LogP contribution in [-0.4, -0.2) is 61.8 Å². The molecule has 1 amide bonds. The molecule has 1 aliphatic carbocycles. The maximum atomic E-state index is 14.7. The van der Waals surface area contributed by atoms with Crippen LogP contribution in [0.4, 0.5) is 27.9 Å². The van der Waals surface area contributed by atoms with E-state index in [9.17, 15) is 31.9 Å². The highest BCUT2D eigenvalue weighted by Gasteiger charge is 2.38. The Morgan fingerprint density at radius 1 is 1.05 bits per heavy atom. The molecule has 2 aromatic heterocycles. The number of piperazine rings is 1. The zero-order chi connectivity index (χ0) is 26.5. The second kappa shape index (κ2) is 9.42. The van der Waals surface area contributed by atoms with Crippen molar-refractivity contribution in [2.45, 2.75) is 38.3 Å². The molecule has 198 valence electrons. The van der Waals surface area contributed by atoms with Gasteiger partial charge in [-0.3, -0.25) is 4.79 Å². The van der Waals surface area contributed by atoms with Crippen LogP contribution in [0.25, 0.3) is 22.3 Å². The van der Waals surface area contributed by atoms with Crippen molar-refractivity contribution in [3.63, 3.8) is 0 Å². The summed E-state index contributed by atoms with van der Waals surface area (Å²) >= 11 is 0. The topological polar surface area (TPSA) is 87.4 Å². The minimum absolute atomic E-state index is 0.0879. The lowest BCUT2D eigenvalue weighted by atomic mass is 9.88. The van der Waals surface area contributed by atoms with Gasteiger partial charge in [0.2, 0.25) is 11.9 Å². The largest absolute Gasteiger partial charge is 0.503 e. The van der Waals surface area contributed by atoms with Gasteiger partial charge >= 0.3 is 6.18 Å². The highest BCUT2D eigenvalue weighted by atomic mass is 19.4. The van der Waals surface area contributed by atoms with Gasteiger partial charge in [-0.15, -0.1) is 0 Å². The Bertz CT molecular complexity index is 1340. The van der Waals surface area contributed by atoms with Gasteiger partial charge in [0.1, 0.15) is 5.69 Å². The Morgan fingerprint density at radius 3 is 2.38 bits per heavy atom. The zero-order valence-electron chi connectivity index (χ0n) is 20.0. The van der Waals surface area contributed by atoms with E-state index < -0.39 is 34.7 Å². The van der Waals surface area contributed by atoms with Gasteiger partial charge < -0.3 is 14.9 Å². The quantitative estimate of drug-likeness (QED) is 0.516. The summed E-state index contributed by atoms with van der Waals surface area (Å²) < 4.78 is 69.6. The molecular weight excluding hydrogens is 499 g/mol. The summed E-state index contributed by atoms with van der Waals surface area (Å²) in [6.45, 7) is 2.05. The van der Waals surface area contributed by atoms with Crippen LogP contribution in [0, 0.1) is 17.6 Å². The van der Waals surface area contributed by atoms with Crippen LogP contribution in [0.5, 0.6) is 5.75 Å². The van der Waals surface area contributed by atoms with Crippen molar-refractivity contribution < 1.29 is 31.9 Å². The Morgan fingerprint density at radius 2 is 1.73 bits per heavy atom. The van der Waals surface area contributed by atoms with Gasteiger partial charge in [0.05, 0.1) is 10.9 Å². The number of nitrogens with zero attached hydrogens (tertiary/aromatic N) is 6. The summed E-state index contributed by atoms with van der Waals surface area (Å²) in [4.78, 5) is 25.4. The smallest absolute Gasteiger partial charge is 0.419 e. The van der Waals surface area contributed by atoms with Crippen molar-refractivity contribution in [3.05, 3.63) is 29.5 Å². The van der Waals surface area contributed by atoms with Gasteiger partial charge in [-0.05, 0) is 18.9 Å². The predicted molar refractivity (Wildman–Crippen MR) is 124 cm³/mol. The standard InChI is InChI=1S/C24H25F5N6O2/c1-33-21-15(19(32-33)14-11-16(24(27,28)29)18(26)20(36)17(14)25)12-30-23(31-21)35-9-7-34(8-10-35)22(37)13-5-3-2-4-6-13/h11-13,36H,2-10H2,1H3. The summed E-state index contributed by atoms with van der Waals surface area (Å²) in [5, 5.41) is 13.9. The third-order valence-electron chi connectivity index (χ3n) is 7.13. The van der Waals surface area contributed by atoms with Crippen LogP contribution in [-0.2, 0) is 18.0 Å². The number of carbonyl (C=O) groups excluding carboxylic acids is 1. The van der Waals surface area contributed by atoms with E-state index in [0.29, 0.717) is 32.1 Å². The normalized spacial score (nSPS) is 17.6. The minimum Gasteiger partial charge on any atom is -0.503 e. The van der Waals surface area contributed by atoms with Crippen LogP contribution in [0.15, 0.2) is 12.3 Å². The molecule has 1 saturated carbocycles. The third kappa shape index (κ3) is 4.55. The molecule has 3 heterocycles. The molecule has 0 bridgehead atoms. The first-order valence-electron chi connectivity index (χ1n) is 12.1. The van der Waals surface area contributed by atoms with Crippen molar-refractivity contribution in [2.75, 3.05) is 31.1 Å². The molecular formula is C24H25F5N6O2. The second-order valence-electron chi connectivity index (χ2n) is 9.47. The highest BCUT2D eigenvalue weighted by Crippen LogP contribution is 2.41. The first kappa shape index (κ1) is 25.2. The maximum absolute atomic E-state index is 14.7. The fourth-order valence-electron chi connectivity index (χ4n) is 5.12. The average molecular weight is 524 g/mol. The molecule has 1 saturated heterocycles. The summed E-state index contributed by atoms with van der Waals surface area (Å²) in [5.74, 6) is -4.77. The van der Waals surface area contributed by atoms with Gasteiger partial charge in [-0.1, -0.05) is 19.3 Å². The van der Waals surface area contributed by atoms with Crippen molar-refractivity contribution in [2.24, 2.45) is 13.0 Å². The zero-order valence-corrected chi connectivity index (χ0v) is 20.0. The second-order valence-corrected chi connectivity index (χ2v) is 9.47. The number of halogens is 5. The van der Waals surface area contributed by atoms with Crippen LogP contribution in [0.1, 0.15) is 37.7 Å². The van der Waals surface area contributed by atoms with E-state index in [-0.39, 0.29) is 34.6 Å². The van der Waals surface area contributed by atoms with Crippen LogP contribution < -0.4 is 4.90 Å². The molecule has 1 aliphatic heterocycles. The number of benzene rings is 1. The number of anilines is 1. The molecule has 1 N–H and O–H groups in total. The van der Waals surface area contributed by atoms with Gasteiger partial charge in [-0.2, -0.15) is 23.3 Å². The van der Waals surface area contributed by atoms with E-state index in [2.05, 4.69) is 15.1 Å². The van der Waals surface area contributed by atoms with Crippen molar-refractivity contribution in [1.29, 1.82) is 0 Å². The third-order valence-corrected chi connectivity index (χ3v) is 7.13. The van der Waals surface area contributed by atoms with Crippen LogP contribution >= 0.6 is 0 Å². The summed E-state index contributed by atoms with van der Waals surface area (Å²) in [6, 6.07) is 0.280. The Hall–Kier alpha value is -3.51. The highest BCUT2D eigenvalue weighted by molar-refractivity contribution is 5.91. The summed E-state index contributed by atoms with van der Waals surface area (Å²) in [6.07, 6.45) is 1.35. The molecule has 0 unspecified atom stereocenters. The maximum Gasteiger partial charge on any atom is 0.419 e. The average Bonchev–Trinajstić information content (AvgIpc) is 3.22. The Balaban J connectivity index is 1.41. The van der Waals surface area contributed by atoms with Gasteiger partial charge in [0.15, 0.2) is 23.0 Å². The number of carbonyl (C=O) groups is 1. The van der Waals surface area contributed by atoms with Crippen LogP contribution in [0.3, 0.4) is 0 Å². The fourth-order valence-corrected chi connectivity index (χ4v) is 5.12. The minimum atomic E-state index is -5.15. The molecule has 8 nitrogen and oxygen atoms in total. The fraction of sp³-hybridized carbons (Fsp3) is 0.500. The molecule has 0 atom stereocenters. The SMILES string of the molecule is Cn1nc(-c2cc(C(F)(F)F)c(F)c(O)c2F)c2cnc(N3CCN(C(=O)C4CCCCC4)CC3)nc21. The Kier molecular flexibility index (Phi) is 6.40. The van der Waals surface area contributed by atoms with E-state index in [1.54, 1.807) is 0 Å². The molecule has 2 fully saturated rings. The molecule has 0 spiro atoms. The van der Waals surface area contributed by atoms with Crippen molar-refractivity contribution in [3.8, 4) is 17.0 Å². The first-order valence-corrected chi connectivity index (χ1v) is 12.1. The number of hydrogen-bond donors (Lipinski definition) is 1. The number of fused-ring (bicyclic) bond motifs is 1. The summed E-state index contributed by atoms with van der Waals surface area (Å²) in [7, 11) is 1.48. The van der Waals surface area contributed by atoms with Gasteiger partial charge in [0.25, 0.3) is 0 Å². The molecule has 2 aliphatic rings. The lowest BCUT2D eigenvalue weighted by Crippen LogP contribution is -2.51. The molecule has 3 aromatic rings. The van der Waals surface area contributed by atoms with E-state index >= 15 is 0 Å². The van der Waals surface area contributed by atoms with E-state index in [1.165, 1.54) is 24.3 Å². The van der Waals surface area contributed by atoms with E-state index in [4.69, 9.17) is 0 Å². The summed E-state index contributed by atoms with van der Waals surface area (Å²) in [5.41, 5.74) is -2.57. The number of aromatic hydroxyl groups is 1. The monoisotopic (exact) mass is 524 g/mol. The van der Waals surface area contributed by atoms with Gasteiger partial charge in [0, 0.05) is 50.9 Å². The first-order chi connectivity index (χ1) is 17.6. The number of aryl methyl sites for hydroxylation is 1. The Labute approximate surface area is 208 Å². The number of alkyl halides is 3. The van der Waals surface area contributed by atoms with E-state index in [0.717, 1.165) is 25.7 Å². The molecule has 37 heavy (non-hydrogen) atoms. The lowest BCUT2D eigenvalue weighted by Gasteiger charge is -2.37. The number of rotatable bonds is 3. The van der Waals surface area contributed by atoms with Crippen molar-refractivity contribution >= 4 is 22.9 Å². The number of aromatic nitrogens is 4. The lowest BCUT2D eigenvalue weighted by molar-refractivity contribution is -0.140. The number of phenolic OH excluding ortho intramolecular Hbond substituents is 1. The van der Waals surface area contributed by atoms with Crippen LogP contribution in [0.2, 0.25) is 0 Å². The van der Waals surface area contributed by atoms with Crippen molar-refractivity contribution in [1.82, 2.24) is 24.6 Å². The molecule has 13 heteroatoms. The number of hydrogen-bond acceptors (Lipinski definition) is 6. The van der Waals surface area contributed by atoms with E-state index in [1.807, 2.05) is 9.80 Å². The molecule has 0 radical (unpaired) electrons. The molecule has 5 rings (SSSR count). The molecule has 1 aromatic carbocycles. The number of amides is 1. The number of phenols is 1.